The SMILES string of the molecule is CC(C)(C)CS(=O)(=O)NCC1(C(=O)O)CCCCCC1. The average Bonchev–Trinajstić information content (AvgIpc) is 2.49. The fourth-order valence-electron chi connectivity index (χ4n) is 2.74. The summed E-state index contributed by atoms with van der Waals surface area (Å²) in [7, 11) is -3.44. The highest BCUT2D eigenvalue weighted by molar-refractivity contribution is 7.89. The quantitative estimate of drug-likeness (QED) is 0.764. The van der Waals surface area contributed by atoms with E-state index in [1.165, 1.54) is 0 Å². The van der Waals surface area contributed by atoms with Crippen molar-refractivity contribution in [1.82, 2.24) is 4.72 Å². The lowest BCUT2D eigenvalue weighted by atomic mass is 9.80. The van der Waals surface area contributed by atoms with E-state index in [0.717, 1.165) is 25.7 Å². The predicted molar refractivity (Wildman–Crippen MR) is 79.0 cm³/mol. The molecule has 1 aliphatic carbocycles. The van der Waals surface area contributed by atoms with Crippen molar-refractivity contribution in [3.8, 4) is 0 Å². The van der Waals surface area contributed by atoms with Gasteiger partial charge in [-0.25, -0.2) is 13.1 Å². The number of hydrogen-bond donors (Lipinski definition) is 2. The Morgan fingerprint density at radius 3 is 2.05 bits per heavy atom. The predicted octanol–water partition coefficient (Wildman–Crippen LogP) is 2.38. The average molecular weight is 305 g/mol. The first kappa shape index (κ1) is 17.4. The molecule has 0 saturated heterocycles. The minimum Gasteiger partial charge on any atom is -0.481 e. The van der Waals surface area contributed by atoms with E-state index in [4.69, 9.17) is 0 Å². The van der Waals surface area contributed by atoms with Gasteiger partial charge in [0, 0.05) is 6.54 Å². The first-order chi connectivity index (χ1) is 9.06. The maximum absolute atomic E-state index is 12.0. The molecular formula is C14H27NO4S. The van der Waals surface area contributed by atoms with Crippen LogP contribution in [0.1, 0.15) is 59.3 Å². The molecule has 0 aromatic heterocycles. The molecule has 0 spiro atoms. The molecule has 1 aliphatic rings. The lowest BCUT2D eigenvalue weighted by molar-refractivity contribution is -0.149. The molecule has 0 aliphatic heterocycles. The van der Waals surface area contributed by atoms with Crippen LogP contribution in [0.3, 0.4) is 0 Å². The van der Waals surface area contributed by atoms with Crippen molar-refractivity contribution in [2.45, 2.75) is 59.3 Å². The van der Waals surface area contributed by atoms with E-state index in [1.54, 1.807) is 0 Å². The fourth-order valence-corrected chi connectivity index (χ4v) is 4.48. The van der Waals surface area contributed by atoms with Crippen molar-refractivity contribution in [3.05, 3.63) is 0 Å². The van der Waals surface area contributed by atoms with Gasteiger partial charge in [-0.15, -0.1) is 0 Å². The number of nitrogens with one attached hydrogen (secondary N) is 1. The molecule has 2 N–H and O–H groups in total. The van der Waals surface area contributed by atoms with Crippen LogP contribution in [0, 0.1) is 10.8 Å². The normalized spacial score (nSPS) is 20.4. The molecule has 20 heavy (non-hydrogen) atoms. The minimum atomic E-state index is -3.44. The van der Waals surface area contributed by atoms with E-state index in [1.807, 2.05) is 20.8 Å². The van der Waals surface area contributed by atoms with E-state index in [2.05, 4.69) is 4.72 Å². The number of carboxylic acids is 1. The lowest BCUT2D eigenvalue weighted by Gasteiger charge is -2.29. The molecule has 0 unspecified atom stereocenters. The van der Waals surface area contributed by atoms with Crippen molar-refractivity contribution in [2.75, 3.05) is 12.3 Å². The first-order valence-electron chi connectivity index (χ1n) is 7.27. The minimum absolute atomic E-state index is 0.00962. The summed E-state index contributed by atoms with van der Waals surface area (Å²) in [5.74, 6) is -0.867. The van der Waals surface area contributed by atoms with Crippen LogP contribution < -0.4 is 4.72 Å². The van der Waals surface area contributed by atoms with Crippen LogP contribution in [0.5, 0.6) is 0 Å². The van der Waals surface area contributed by atoms with Crippen LogP contribution in [-0.4, -0.2) is 31.8 Å². The Kier molecular flexibility index (Phi) is 5.61. The number of carbonyl (C=O) groups is 1. The Labute approximate surface area is 122 Å². The van der Waals surface area contributed by atoms with Crippen molar-refractivity contribution < 1.29 is 18.3 Å². The first-order valence-corrected chi connectivity index (χ1v) is 8.92. The molecule has 1 saturated carbocycles. The second-order valence-electron chi connectivity index (χ2n) is 7.14. The Hall–Kier alpha value is -0.620. The molecule has 0 aromatic rings. The second kappa shape index (κ2) is 6.43. The molecule has 0 radical (unpaired) electrons. The van der Waals surface area contributed by atoms with Crippen molar-refractivity contribution in [2.24, 2.45) is 10.8 Å². The molecule has 5 nitrogen and oxygen atoms in total. The van der Waals surface area contributed by atoms with Crippen molar-refractivity contribution in [3.63, 3.8) is 0 Å². The van der Waals surface area contributed by atoms with E-state index in [9.17, 15) is 18.3 Å². The fraction of sp³-hybridized carbons (Fsp3) is 0.929. The number of sulfonamides is 1. The van der Waals surface area contributed by atoms with Gasteiger partial charge < -0.3 is 5.11 Å². The van der Waals surface area contributed by atoms with Crippen molar-refractivity contribution in [1.29, 1.82) is 0 Å². The Balaban J connectivity index is 2.75. The summed E-state index contributed by atoms with van der Waals surface area (Å²) in [6.07, 6.45) is 4.88. The largest absolute Gasteiger partial charge is 0.481 e. The van der Waals surface area contributed by atoms with Gasteiger partial charge in [-0.3, -0.25) is 4.79 Å². The summed E-state index contributed by atoms with van der Waals surface area (Å²) in [5, 5.41) is 9.51. The maximum Gasteiger partial charge on any atom is 0.310 e. The summed E-state index contributed by atoms with van der Waals surface area (Å²) in [5.41, 5.74) is -1.27. The van der Waals surface area contributed by atoms with Gasteiger partial charge in [0.05, 0.1) is 11.2 Å². The van der Waals surface area contributed by atoms with Gasteiger partial charge in [-0.1, -0.05) is 46.5 Å². The monoisotopic (exact) mass is 305 g/mol. The standard InChI is InChI=1S/C14H27NO4S/c1-13(2,3)11-20(18,19)15-10-14(12(16)17)8-6-4-5-7-9-14/h15H,4-11H2,1-3H3,(H,16,17). The highest BCUT2D eigenvalue weighted by Crippen LogP contribution is 2.35. The van der Waals surface area contributed by atoms with E-state index in [0.29, 0.717) is 12.8 Å². The lowest BCUT2D eigenvalue weighted by Crippen LogP contribution is -2.44. The maximum atomic E-state index is 12.0. The summed E-state index contributed by atoms with van der Waals surface area (Å²) >= 11 is 0. The molecule has 0 atom stereocenters. The highest BCUT2D eigenvalue weighted by atomic mass is 32.2. The molecule has 1 fully saturated rings. The zero-order chi connectivity index (χ0) is 15.4. The zero-order valence-corrected chi connectivity index (χ0v) is 13.6. The number of rotatable bonds is 5. The molecular weight excluding hydrogens is 278 g/mol. The molecule has 0 amide bonds. The number of carboxylic acid groups (broad SMARTS) is 1. The summed E-state index contributed by atoms with van der Waals surface area (Å²) in [6.45, 7) is 5.57. The van der Waals surface area contributed by atoms with Crippen LogP contribution in [0.4, 0.5) is 0 Å². The Morgan fingerprint density at radius 2 is 1.65 bits per heavy atom. The molecule has 0 heterocycles. The van der Waals surface area contributed by atoms with E-state index >= 15 is 0 Å². The number of aliphatic carboxylic acids is 1. The van der Waals surface area contributed by atoms with Gasteiger partial charge in [-0.05, 0) is 18.3 Å². The van der Waals surface area contributed by atoms with Gasteiger partial charge in [0.25, 0.3) is 0 Å². The number of hydrogen-bond acceptors (Lipinski definition) is 3. The van der Waals surface area contributed by atoms with Crippen LogP contribution in [0.15, 0.2) is 0 Å². The molecule has 6 heteroatoms. The van der Waals surface area contributed by atoms with Crippen LogP contribution in [0.25, 0.3) is 0 Å². The Morgan fingerprint density at radius 1 is 1.15 bits per heavy atom. The molecule has 0 bridgehead atoms. The topological polar surface area (TPSA) is 83.5 Å². The zero-order valence-electron chi connectivity index (χ0n) is 12.7. The highest BCUT2D eigenvalue weighted by Gasteiger charge is 2.39. The third-order valence-corrected chi connectivity index (χ3v) is 5.60. The van der Waals surface area contributed by atoms with Crippen LogP contribution >= 0.6 is 0 Å². The van der Waals surface area contributed by atoms with Gasteiger partial charge in [0.2, 0.25) is 10.0 Å². The second-order valence-corrected chi connectivity index (χ2v) is 8.95. The molecule has 1 rings (SSSR count). The van der Waals surface area contributed by atoms with Gasteiger partial charge >= 0.3 is 5.97 Å². The van der Waals surface area contributed by atoms with Gasteiger partial charge in [-0.2, -0.15) is 0 Å². The Bertz CT molecular complexity index is 429. The van der Waals surface area contributed by atoms with E-state index < -0.39 is 21.4 Å². The van der Waals surface area contributed by atoms with Gasteiger partial charge in [0.15, 0.2) is 0 Å². The summed E-state index contributed by atoms with van der Waals surface area (Å²) in [6, 6.07) is 0. The summed E-state index contributed by atoms with van der Waals surface area (Å²) < 4.78 is 26.6. The molecule has 0 aromatic carbocycles. The van der Waals surface area contributed by atoms with Crippen molar-refractivity contribution >= 4 is 16.0 Å². The third kappa shape index (κ3) is 5.40. The van der Waals surface area contributed by atoms with E-state index in [-0.39, 0.29) is 17.7 Å². The summed E-state index contributed by atoms with van der Waals surface area (Å²) in [4.78, 5) is 11.6. The van der Waals surface area contributed by atoms with Crippen LogP contribution in [-0.2, 0) is 14.8 Å². The van der Waals surface area contributed by atoms with Gasteiger partial charge in [0.1, 0.15) is 0 Å². The smallest absolute Gasteiger partial charge is 0.310 e. The van der Waals surface area contributed by atoms with Crippen LogP contribution in [0.2, 0.25) is 0 Å². The third-order valence-electron chi connectivity index (χ3n) is 3.77. The molecule has 118 valence electrons.